The van der Waals surface area contributed by atoms with Gasteiger partial charge in [-0.2, -0.15) is 0 Å². The standard InChI is InChI=1S/C20H17N7O2/c1-12(25-20(29)18-14-4-6-21-10-13(14)3-8-23-18)19-26-16(9-17(28)27(19)2)15-5-7-22-11-24-15/h3-12H,1-2H3,(H,25,29). The molecule has 9 nitrogen and oxygen atoms in total. The summed E-state index contributed by atoms with van der Waals surface area (Å²) in [6.45, 7) is 1.76. The van der Waals surface area contributed by atoms with Crippen LogP contribution in [-0.2, 0) is 7.05 Å². The van der Waals surface area contributed by atoms with E-state index in [0.717, 1.165) is 5.39 Å². The zero-order valence-corrected chi connectivity index (χ0v) is 15.8. The fourth-order valence-electron chi connectivity index (χ4n) is 3.05. The van der Waals surface area contributed by atoms with E-state index >= 15 is 0 Å². The highest BCUT2D eigenvalue weighted by molar-refractivity contribution is 6.04. The molecule has 0 aliphatic heterocycles. The van der Waals surface area contributed by atoms with Crippen LogP contribution in [0.1, 0.15) is 29.3 Å². The van der Waals surface area contributed by atoms with Gasteiger partial charge in [-0.3, -0.25) is 24.1 Å². The van der Waals surface area contributed by atoms with Crippen molar-refractivity contribution in [1.82, 2.24) is 34.8 Å². The molecule has 1 N–H and O–H groups in total. The molecule has 4 rings (SSSR count). The van der Waals surface area contributed by atoms with Gasteiger partial charge in [0.05, 0.1) is 17.4 Å². The van der Waals surface area contributed by atoms with E-state index in [1.54, 1.807) is 57.0 Å². The smallest absolute Gasteiger partial charge is 0.271 e. The second-order valence-corrected chi connectivity index (χ2v) is 6.44. The van der Waals surface area contributed by atoms with E-state index in [-0.39, 0.29) is 17.2 Å². The minimum absolute atomic E-state index is 0.251. The first-order valence-corrected chi connectivity index (χ1v) is 8.88. The Morgan fingerprint density at radius 3 is 2.69 bits per heavy atom. The number of pyridine rings is 2. The summed E-state index contributed by atoms with van der Waals surface area (Å²) < 4.78 is 1.40. The Morgan fingerprint density at radius 1 is 1.07 bits per heavy atom. The van der Waals surface area contributed by atoms with Crippen LogP contribution < -0.4 is 10.9 Å². The Hall–Kier alpha value is -4.01. The number of hydrogen-bond donors (Lipinski definition) is 1. The molecule has 0 saturated carbocycles. The third-order valence-electron chi connectivity index (χ3n) is 4.53. The van der Waals surface area contributed by atoms with Gasteiger partial charge in [-0.1, -0.05) is 0 Å². The highest BCUT2D eigenvalue weighted by Gasteiger charge is 2.19. The average molecular weight is 387 g/mol. The van der Waals surface area contributed by atoms with Crippen molar-refractivity contribution < 1.29 is 4.79 Å². The maximum atomic E-state index is 12.9. The van der Waals surface area contributed by atoms with Crippen LogP contribution in [0.3, 0.4) is 0 Å². The van der Waals surface area contributed by atoms with Crippen LogP contribution in [0.4, 0.5) is 0 Å². The molecular weight excluding hydrogens is 370 g/mol. The maximum Gasteiger partial charge on any atom is 0.271 e. The number of aromatic nitrogens is 6. The van der Waals surface area contributed by atoms with Crippen molar-refractivity contribution in [2.45, 2.75) is 13.0 Å². The van der Waals surface area contributed by atoms with Gasteiger partial charge in [0.1, 0.15) is 17.8 Å². The Bertz CT molecular complexity index is 1250. The lowest BCUT2D eigenvalue weighted by Gasteiger charge is -2.17. The summed E-state index contributed by atoms with van der Waals surface area (Å²) in [5, 5.41) is 4.39. The second-order valence-electron chi connectivity index (χ2n) is 6.44. The summed E-state index contributed by atoms with van der Waals surface area (Å²) in [7, 11) is 1.61. The van der Waals surface area contributed by atoms with Gasteiger partial charge in [0.2, 0.25) is 0 Å². The summed E-state index contributed by atoms with van der Waals surface area (Å²) in [5.74, 6) is 0.0392. The van der Waals surface area contributed by atoms with E-state index in [1.807, 2.05) is 0 Å². The van der Waals surface area contributed by atoms with Crippen LogP contribution in [0.5, 0.6) is 0 Å². The number of rotatable bonds is 4. The highest BCUT2D eigenvalue weighted by Crippen LogP contribution is 2.18. The van der Waals surface area contributed by atoms with E-state index in [4.69, 9.17) is 0 Å². The zero-order valence-electron chi connectivity index (χ0n) is 15.8. The monoisotopic (exact) mass is 387 g/mol. The minimum Gasteiger partial charge on any atom is -0.341 e. The SMILES string of the molecule is CC(NC(=O)c1nccc2cnccc12)c1nc(-c2ccncn2)cc(=O)n1C. The first kappa shape index (κ1) is 18.4. The van der Waals surface area contributed by atoms with Crippen LogP contribution in [0.2, 0.25) is 0 Å². The number of hydrogen-bond acceptors (Lipinski definition) is 7. The fraction of sp³-hybridized carbons (Fsp3) is 0.150. The van der Waals surface area contributed by atoms with E-state index < -0.39 is 6.04 Å². The van der Waals surface area contributed by atoms with Crippen LogP contribution in [0.15, 0.2) is 60.2 Å². The van der Waals surface area contributed by atoms with Crippen molar-refractivity contribution in [2.24, 2.45) is 7.05 Å². The largest absolute Gasteiger partial charge is 0.341 e. The second kappa shape index (κ2) is 7.55. The number of amides is 1. The van der Waals surface area contributed by atoms with E-state index in [9.17, 15) is 9.59 Å². The zero-order chi connectivity index (χ0) is 20.4. The summed E-state index contributed by atoms with van der Waals surface area (Å²) in [6, 6.07) is 6.06. The van der Waals surface area contributed by atoms with Crippen molar-refractivity contribution >= 4 is 16.7 Å². The molecule has 4 aromatic heterocycles. The van der Waals surface area contributed by atoms with Gasteiger partial charge in [0.15, 0.2) is 0 Å². The quantitative estimate of drug-likeness (QED) is 0.566. The lowest BCUT2D eigenvalue weighted by atomic mass is 10.1. The van der Waals surface area contributed by atoms with Crippen molar-refractivity contribution in [3.63, 3.8) is 0 Å². The third-order valence-corrected chi connectivity index (χ3v) is 4.53. The van der Waals surface area contributed by atoms with Gasteiger partial charge in [-0.15, -0.1) is 0 Å². The topological polar surface area (TPSA) is 116 Å². The number of nitrogens with one attached hydrogen (secondary N) is 1. The van der Waals surface area contributed by atoms with Crippen molar-refractivity contribution in [3.05, 3.63) is 77.3 Å². The number of carbonyl (C=O) groups is 1. The molecule has 0 aliphatic rings. The number of fused-ring (bicyclic) bond motifs is 1. The summed E-state index contributed by atoms with van der Waals surface area (Å²) >= 11 is 0. The van der Waals surface area contributed by atoms with Crippen LogP contribution >= 0.6 is 0 Å². The minimum atomic E-state index is -0.541. The lowest BCUT2D eigenvalue weighted by Crippen LogP contribution is -2.33. The molecule has 0 bridgehead atoms. The highest BCUT2D eigenvalue weighted by atomic mass is 16.2. The molecule has 1 unspecified atom stereocenters. The van der Waals surface area contributed by atoms with Crippen LogP contribution in [-0.4, -0.2) is 35.4 Å². The van der Waals surface area contributed by atoms with E-state index in [1.165, 1.54) is 17.0 Å². The molecular formula is C20H17N7O2. The molecule has 0 saturated heterocycles. The van der Waals surface area contributed by atoms with E-state index in [2.05, 4.69) is 30.2 Å². The van der Waals surface area contributed by atoms with Gasteiger partial charge in [-0.05, 0) is 25.1 Å². The average Bonchev–Trinajstić information content (AvgIpc) is 2.75. The normalized spacial score (nSPS) is 11.9. The van der Waals surface area contributed by atoms with Gasteiger partial charge >= 0.3 is 0 Å². The summed E-state index contributed by atoms with van der Waals surface area (Å²) in [5.41, 5.74) is 0.981. The van der Waals surface area contributed by atoms with Gasteiger partial charge in [0.25, 0.3) is 11.5 Å². The van der Waals surface area contributed by atoms with Crippen LogP contribution in [0.25, 0.3) is 22.2 Å². The van der Waals surface area contributed by atoms with Gasteiger partial charge < -0.3 is 5.32 Å². The summed E-state index contributed by atoms with van der Waals surface area (Å²) in [6.07, 6.45) is 7.81. The molecule has 0 aliphatic carbocycles. The third kappa shape index (κ3) is 3.57. The van der Waals surface area contributed by atoms with E-state index in [0.29, 0.717) is 22.6 Å². The van der Waals surface area contributed by atoms with Crippen LogP contribution in [0, 0.1) is 0 Å². The molecule has 144 valence electrons. The molecule has 1 atom stereocenters. The molecule has 0 spiro atoms. The molecule has 1 amide bonds. The molecule has 0 aromatic carbocycles. The molecule has 0 radical (unpaired) electrons. The maximum absolute atomic E-state index is 12.9. The summed E-state index contributed by atoms with van der Waals surface area (Å²) in [4.78, 5) is 46.1. The first-order valence-electron chi connectivity index (χ1n) is 8.88. The van der Waals surface area contributed by atoms with Gasteiger partial charge in [0, 0.05) is 48.7 Å². The molecule has 4 heterocycles. The Morgan fingerprint density at radius 2 is 1.90 bits per heavy atom. The Kier molecular flexibility index (Phi) is 4.78. The number of nitrogens with zero attached hydrogens (tertiary/aromatic N) is 6. The Labute approximate surface area is 165 Å². The van der Waals surface area contributed by atoms with Gasteiger partial charge in [-0.25, -0.2) is 15.0 Å². The Balaban J connectivity index is 1.68. The van der Waals surface area contributed by atoms with Crippen molar-refractivity contribution in [2.75, 3.05) is 0 Å². The predicted molar refractivity (Wildman–Crippen MR) is 106 cm³/mol. The predicted octanol–water partition coefficient (Wildman–Crippen LogP) is 1.67. The first-order chi connectivity index (χ1) is 14.0. The fourth-order valence-corrected chi connectivity index (χ4v) is 3.05. The molecule has 29 heavy (non-hydrogen) atoms. The molecule has 0 fully saturated rings. The van der Waals surface area contributed by atoms with Crippen molar-refractivity contribution in [3.8, 4) is 11.4 Å². The number of carbonyl (C=O) groups excluding carboxylic acids is 1. The lowest BCUT2D eigenvalue weighted by molar-refractivity contribution is 0.0934. The van der Waals surface area contributed by atoms with Crippen molar-refractivity contribution in [1.29, 1.82) is 0 Å². The molecule has 4 aromatic rings. The molecule has 9 heteroatoms.